The first kappa shape index (κ1) is 13.8. The van der Waals surface area contributed by atoms with Gasteiger partial charge in [0.05, 0.1) is 0 Å². The van der Waals surface area contributed by atoms with Crippen LogP contribution in [0.25, 0.3) is 0 Å². The third kappa shape index (κ3) is 5.06. The van der Waals surface area contributed by atoms with Gasteiger partial charge in [-0.05, 0) is 30.7 Å². The lowest BCUT2D eigenvalue weighted by molar-refractivity contribution is -0.135. The number of carboxylic acid groups (broad SMARTS) is 1. The second-order valence-corrected chi connectivity index (χ2v) is 4.07. The number of halogens is 1. The minimum Gasteiger partial charge on any atom is -0.480 e. The number of methoxy groups -OCH3 is 1. The molecule has 0 radical (unpaired) electrons. The van der Waals surface area contributed by atoms with Crippen LogP contribution in [0.2, 0.25) is 5.02 Å². The molecular weight excluding hydrogens is 242 g/mol. The molecule has 0 aromatic heterocycles. The van der Waals surface area contributed by atoms with E-state index in [0.717, 1.165) is 12.1 Å². The first-order chi connectivity index (χ1) is 8.13. The molecule has 5 heteroatoms. The average molecular weight is 258 g/mol. The summed E-state index contributed by atoms with van der Waals surface area (Å²) in [6, 6.07) is 7.14. The fourth-order valence-electron chi connectivity index (χ4n) is 1.51. The zero-order valence-corrected chi connectivity index (χ0v) is 10.5. The van der Waals surface area contributed by atoms with Crippen molar-refractivity contribution in [1.29, 1.82) is 0 Å². The lowest BCUT2D eigenvalue weighted by atomic mass is 10.2. The number of carboxylic acids is 1. The molecule has 94 valence electrons. The predicted octanol–water partition coefficient (Wildman–Crippen LogP) is 2.27. The Balaban J connectivity index is 2.67. The largest absolute Gasteiger partial charge is 0.480 e. The van der Waals surface area contributed by atoms with Crippen molar-refractivity contribution in [2.45, 2.75) is 6.42 Å². The summed E-state index contributed by atoms with van der Waals surface area (Å²) >= 11 is 5.79. The van der Waals surface area contributed by atoms with Crippen molar-refractivity contribution in [2.24, 2.45) is 0 Å². The molecule has 0 saturated carbocycles. The topological polar surface area (TPSA) is 49.8 Å². The van der Waals surface area contributed by atoms with Gasteiger partial charge in [0.15, 0.2) is 0 Å². The predicted molar refractivity (Wildman–Crippen MR) is 67.8 cm³/mol. The van der Waals surface area contributed by atoms with E-state index in [1.165, 1.54) is 0 Å². The van der Waals surface area contributed by atoms with Crippen LogP contribution in [0.3, 0.4) is 0 Å². The van der Waals surface area contributed by atoms with Gasteiger partial charge >= 0.3 is 5.97 Å². The number of nitrogens with zero attached hydrogens (tertiary/aromatic N) is 1. The third-order valence-corrected chi connectivity index (χ3v) is 2.55. The number of benzene rings is 1. The van der Waals surface area contributed by atoms with Crippen LogP contribution in [0, 0.1) is 0 Å². The zero-order chi connectivity index (χ0) is 12.7. The number of carbonyl (C=O) groups is 1. The van der Waals surface area contributed by atoms with Gasteiger partial charge in [-0.15, -0.1) is 0 Å². The van der Waals surface area contributed by atoms with E-state index in [2.05, 4.69) is 0 Å². The Labute approximate surface area is 106 Å². The third-order valence-electron chi connectivity index (χ3n) is 2.29. The highest BCUT2D eigenvalue weighted by Gasteiger charge is 2.10. The molecule has 0 fully saturated rings. The Morgan fingerprint density at radius 1 is 1.41 bits per heavy atom. The van der Waals surface area contributed by atoms with Gasteiger partial charge in [0.2, 0.25) is 0 Å². The molecule has 1 N–H and O–H groups in total. The van der Waals surface area contributed by atoms with E-state index >= 15 is 0 Å². The molecule has 1 aromatic carbocycles. The number of aliphatic carboxylic acids is 1. The molecular formula is C12H16ClNO3. The minimum absolute atomic E-state index is 0.0225. The summed E-state index contributed by atoms with van der Waals surface area (Å²) in [4.78, 5) is 12.6. The summed E-state index contributed by atoms with van der Waals surface area (Å²) in [5.41, 5.74) is 0.855. The van der Waals surface area contributed by atoms with E-state index < -0.39 is 5.97 Å². The molecule has 17 heavy (non-hydrogen) atoms. The molecule has 0 saturated heterocycles. The Bertz CT molecular complexity index is 353. The quantitative estimate of drug-likeness (QED) is 0.762. The van der Waals surface area contributed by atoms with E-state index in [0.29, 0.717) is 18.2 Å². The van der Waals surface area contributed by atoms with Gasteiger partial charge in [0.25, 0.3) is 0 Å². The highest BCUT2D eigenvalue weighted by Crippen LogP contribution is 2.18. The van der Waals surface area contributed by atoms with Gasteiger partial charge in [-0.1, -0.05) is 11.6 Å². The van der Waals surface area contributed by atoms with Crippen molar-refractivity contribution in [2.75, 3.05) is 31.7 Å². The average Bonchev–Trinajstić information content (AvgIpc) is 2.28. The molecule has 0 spiro atoms. The normalized spacial score (nSPS) is 10.2. The summed E-state index contributed by atoms with van der Waals surface area (Å²) in [5, 5.41) is 9.50. The molecule has 4 nitrogen and oxygen atoms in total. The van der Waals surface area contributed by atoms with Gasteiger partial charge in [-0.25, -0.2) is 0 Å². The van der Waals surface area contributed by atoms with Gasteiger partial charge in [-0.3, -0.25) is 4.79 Å². The summed E-state index contributed by atoms with van der Waals surface area (Å²) in [7, 11) is 1.63. The highest BCUT2D eigenvalue weighted by molar-refractivity contribution is 6.30. The number of hydrogen-bond acceptors (Lipinski definition) is 3. The zero-order valence-electron chi connectivity index (χ0n) is 9.73. The summed E-state index contributed by atoms with van der Waals surface area (Å²) < 4.78 is 4.96. The van der Waals surface area contributed by atoms with Crippen LogP contribution in [0.5, 0.6) is 0 Å². The Morgan fingerprint density at radius 3 is 2.59 bits per heavy atom. The molecule has 0 aliphatic carbocycles. The number of hydrogen-bond donors (Lipinski definition) is 1. The number of ether oxygens (including phenoxy) is 1. The molecule has 0 aliphatic rings. The van der Waals surface area contributed by atoms with Crippen LogP contribution in [0.4, 0.5) is 5.69 Å². The maximum Gasteiger partial charge on any atom is 0.323 e. The first-order valence-electron chi connectivity index (χ1n) is 5.34. The molecule has 0 aliphatic heterocycles. The molecule has 0 heterocycles. The lowest BCUT2D eigenvalue weighted by Crippen LogP contribution is -2.31. The monoisotopic (exact) mass is 257 g/mol. The van der Waals surface area contributed by atoms with E-state index in [-0.39, 0.29) is 6.54 Å². The highest BCUT2D eigenvalue weighted by atomic mass is 35.5. The molecule has 0 atom stereocenters. The first-order valence-corrected chi connectivity index (χ1v) is 5.72. The van der Waals surface area contributed by atoms with Crippen LogP contribution in [0.15, 0.2) is 24.3 Å². The van der Waals surface area contributed by atoms with Gasteiger partial charge in [0, 0.05) is 31.0 Å². The molecule has 0 unspecified atom stereocenters. The van der Waals surface area contributed by atoms with Crippen LogP contribution in [-0.2, 0) is 9.53 Å². The number of rotatable bonds is 7. The van der Waals surface area contributed by atoms with Crippen molar-refractivity contribution in [1.82, 2.24) is 0 Å². The molecule has 0 amide bonds. The summed E-state index contributed by atoms with van der Waals surface area (Å²) in [6.45, 7) is 1.23. The van der Waals surface area contributed by atoms with Crippen LogP contribution < -0.4 is 4.90 Å². The van der Waals surface area contributed by atoms with Gasteiger partial charge < -0.3 is 14.7 Å². The van der Waals surface area contributed by atoms with Gasteiger partial charge in [0.1, 0.15) is 6.54 Å². The SMILES string of the molecule is COCCCN(CC(=O)O)c1ccc(Cl)cc1. The van der Waals surface area contributed by atoms with Crippen LogP contribution >= 0.6 is 11.6 Å². The lowest BCUT2D eigenvalue weighted by Gasteiger charge is -2.22. The minimum atomic E-state index is -0.850. The fourth-order valence-corrected chi connectivity index (χ4v) is 1.64. The summed E-state index contributed by atoms with van der Waals surface area (Å²) in [6.07, 6.45) is 0.784. The number of anilines is 1. The second-order valence-electron chi connectivity index (χ2n) is 3.64. The van der Waals surface area contributed by atoms with Crippen molar-refractivity contribution in [3.63, 3.8) is 0 Å². The Morgan fingerprint density at radius 2 is 2.06 bits per heavy atom. The van der Waals surface area contributed by atoms with E-state index in [1.54, 1.807) is 24.1 Å². The Hall–Kier alpha value is -1.26. The van der Waals surface area contributed by atoms with E-state index in [4.69, 9.17) is 21.4 Å². The van der Waals surface area contributed by atoms with Crippen LogP contribution in [0.1, 0.15) is 6.42 Å². The van der Waals surface area contributed by atoms with Crippen molar-refractivity contribution in [3.05, 3.63) is 29.3 Å². The maximum absolute atomic E-state index is 10.8. The van der Waals surface area contributed by atoms with Crippen LogP contribution in [-0.4, -0.2) is 37.9 Å². The molecule has 1 aromatic rings. The van der Waals surface area contributed by atoms with E-state index in [9.17, 15) is 4.79 Å². The summed E-state index contributed by atoms with van der Waals surface area (Å²) in [5.74, 6) is -0.850. The molecule has 0 bridgehead atoms. The smallest absolute Gasteiger partial charge is 0.323 e. The van der Waals surface area contributed by atoms with Crippen molar-refractivity contribution in [3.8, 4) is 0 Å². The standard InChI is InChI=1S/C12H16ClNO3/c1-17-8-2-7-14(9-12(15)16)11-5-3-10(13)4-6-11/h3-6H,2,7-9H2,1H3,(H,15,16). The van der Waals surface area contributed by atoms with Crippen molar-refractivity contribution < 1.29 is 14.6 Å². The van der Waals surface area contributed by atoms with E-state index in [1.807, 2.05) is 12.1 Å². The Kier molecular flexibility index (Phi) is 5.80. The maximum atomic E-state index is 10.8. The van der Waals surface area contributed by atoms with Crippen molar-refractivity contribution >= 4 is 23.3 Å². The van der Waals surface area contributed by atoms with Gasteiger partial charge in [-0.2, -0.15) is 0 Å². The molecule has 1 rings (SSSR count). The second kappa shape index (κ2) is 7.14. The fraction of sp³-hybridized carbons (Fsp3) is 0.417.